The van der Waals surface area contributed by atoms with Crippen LogP contribution in [0.25, 0.3) is 0 Å². The van der Waals surface area contributed by atoms with E-state index in [-0.39, 0.29) is 6.10 Å². The van der Waals surface area contributed by atoms with E-state index in [9.17, 15) is 5.11 Å². The Morgan fingerprint density at radius 3 is 2.29 bits per heavy atom. The van der Waals surface area contributed by atoms with Gasteiger partial charge in [-0.15, -0.1) is 0 Å². The Morgan fingerprint density at radius 2 is 1.82 bits per heavy atom. The molecule has 0 fully saturated rings. The van der Waals surface area contributed by atoms with Gasteiger partial charge in [-0.2, -0.15) is 11.8 Å². The lowest BCUT2D eigenvalue weighted by molar-refractivity contribution is 0.199. The smallest absolute Gasteiger partial charge is 0.0761 e. The fourth-order valence-corrected chi connectivity index (χ4v) is 2.30. The largest absolute Gasteiger partial charge is 0.389 e. The SMILES string of the molecule is CSCCC(C)N(C)c1ccc([C@H](C)O)cc1. The number of thioether (sulfide) groups is 1. The van der Waals surface area contributed by atoms with Gasteiger partial charge in [0, 0.05) is 18.8 Å². The zero-order valence-corrected chi connectivity index (χ0v) is 12.0. The Hall–Kier alpha value is -0.670. The van der Waals surface area contributed by atoms with Crippen molar-refractivity contribution >= 4 is 17.4 Å². The second-order valence-electron chi connectivity index (χ2n) is 4.51. The Morgan fingerprint density at radius 1 is 1.24 bits per heavy atom. The standard InChI is InChI=1S/C14H23NOS/c1-11(9-10-17-4)15(3)14-7-5-13(6-8-14)12(2)16/h5-8,11-12,16H,9-10H2,1-4H3/t11?,12-/m0/s1. The predicted molar refractivity (Wildman–Crippen MR) is 77.9 cm³/mol. The van der Waals surface area contributed by atoms with Crippen LogP contribution >= 0.6 is 11.8 Å². The minimum Gasteiger partial charge on any atom is -0.389 e. The quantitative estimate of drug-likeness (QED) is 0.841. The highest BCUT2D eigenvalue weighted by atomic mass is 32.2. The number of aliphatic hydroxyl groups is 1. The number of rotatable bonds is 6. The van der Waals surface area contributed by atoms with Gasteiger partial charge < -0.3 is 10.0 Å². The monoisotopic (exact) mass is 253 g/mol. The van der Waals surface area contributed by atoms with Crippen LogP contribution in [0.2, 0.25) is 0 Å². The summed E-state index contributed by atoms with van der Waals surface area (Å²) < 4.78 is 0. The maximum atomic E-state index is 9.46. The van der Waals surface area contributed by atoms with Crippen molar-refractivity contribution in [3.8, 4) is 0 Å². The molecule has 1 N–H and O–H groups in total. The Labute approximate surface area is 109 Å². The van der Waals surface area contributed by atoms with Crippen LogP contribution < -0.4 is 4.90 Å². The van der Waals surface area contributed by atoms with Crippen LogP contribution in [0.15, 0.2) is 24.3 Å². The van der Waals surface area contributed by atoms with Crippen LogP contribution in [0.3, 0.4) is 0 Å². The molecule has 2 atom stereocenters. The molecule has 0 spiro atoms. The van der Waals surface area contributed by atoms with Gasteiger partial charge in [-0.1, -0.05) is 12.1 Å². The van der Waals surface area contributed by atoms with Crippen molar-refractivity contribution in [2.75, 3.05) is 24.0 Å². The Balaban J connectivity index is 2.65. The fraction of sp³-hybridized carbons (Fsp3) is 0.571. The summed E-state index contributed by atoms with van der Waals surface area (Å²) >= 11 is 1.89. The summed E-state index contributed by atoms with van der Waals surface area (Å²) in [6.07, 6.45) is 2.95. The van der Waals surface area contributed by atoms with Crippen LogP contribution in [0.4, 0.5) is 5.69 Å². The van der Waals surface area contributed by atoms with E-state index < -0.39 is 0 Å². The van der Waals surface area contributed by atoms with Crippen molar-refractivity contribution < 1.29 is 5.11 Å². The molecule has 0 radical (unpaired) electrons. The normalized spacial score (nSPS) is 14.4. The molecule has 1 aromatic carbocycles. The van der Waals surface area contributed by atoms with E-state index in [2.05, 4.69) is 37.3 Å². The van der Waals surface area contributed by atoms with Gasteiger partial charge in [-0.3, -0.25) is 0 Å². The summed E-state index contributed by atoms with van der Waals surface area (Å²) in [5, 5.41) is 9.46. The van der Waals surface area contributed by atoms with E-state index in [1.54, 1.807) is 6.92 Å². The van der Waals surface area contributed by atoms with E-state index in [1.165, 1.54) is 17.9 Å². The van der Waals surface area contributed by atoms with E-state index in [0.717, 1.165) is 5.56 Å². The molecular formula is C14H23NOS. The highest BCUT2D eigenvalue weighted by Crippen LogP contribution is 2.20. The first kappa shape index (κ1) is 14.4. The average molecular weight is 253 g/mol. The van der Waals surface area contributed by atoms with Gasteiger partial charge in [0.05, 0.1) is 6.10 Å². The third-order valence-corrected chi connectivity index (χ3v) is 3.83. The number of nitrogens with zero attached hydrogens (tertiary/aromatic N) is 1. The van der Waals surface area contributed by atoms with Gasteiger partial charge in [0.15, 0.2) is 0 Å². The molecule has 0 aliphatic carbocycles. The van der Waals surface area contributed by atoms with Gasteiger partial charge in [0.2, 0.25) is 0 Å². The molecule has 0 saturated carbocycles. The minimum atomic E-state index is -0.386. The number of benzene rings is 1. The third kappa shape index (κ3) is 4.25. The van der Waals surface area contributed by atoms with Crippen molar-refractivity contribution in [2.45, 2.75) is 32.4 Å². The summed E-state index contributed by atoms with van der Waals surface area (Å²) in [4.78, 5) is 2.29. The average Bonchev–Trinajstić information content (AvgIpc) is 2.35. The van der Waals surface area contributed by atoms with Gasteiger partial charge in [0.1, 0.15) is 0 Å². The lowest BCUT2D eigenvalue weighted by Gasteiger charge is -2.27. The topological polar surface area (TPSA) is 23.5 Å². The molecule has 0 amide bonds. The van der Waals surface area contributed by atoms with E-state index in [1.807, 2.05) is 23.9 Å². The van der Waals surface area contributed by atoms with Crippen molar-refractivity contribution in [3.05, 3.63) is 29.8 Å². The zero-order chi connectivity index (χ0) is 12.8. The molecule has 1 aromatic rings. The van der Waals surface area contributed by atoms with Crippen LogP contribution in [-0.4, -0.2) is 30.2 Å². The van der Waals surface area contributed by atoms with Gasteiger partial charge in [-0.25, -0.2) is 0 Å². The third-order valence-electron chi connectivity index (χ3n) is 3.18. The molecule has 96 valence electrons. The molecule has 1 rings (SSSR count). The number of hydrogen-bond donors (Lipinski definition) is 1. The van der Waals surface area contributed by atoms with Crippen LogP contribution in [-0.2, 0) is 0 Å². The number of hydrogen-bond acceptors (Lipinski definition) is 3. The van der Waals surface area contributed by atoms with Crippen molar-refractivity contribution in [1.82, 2.24) is 0 Å². The molecule has 2 nitrogen and oxygen atoms in total. The highest BCUT2D eigenvalue weighted by molar-refractivity contribution is 7.98. The van der Waals surface area contributed by atoms with E-state index in [4.69, 9.17) is 0 Å². The first-order valence-electron chi connectivity index (χ1n) is 6.06. The molecule has 17 heavy (non-hydrogen) atoms. The summed E-state index contributed by atoms with van der Waals surface area (Å²) in [5.74, 6) is 1.19. The van der Waals surface area contributed by atoms with E-state index in [0.29, 0.717) is 6.04 Å². The molecular weight excluding hydrogens is 230 g/mol. The first-order chi connectivity index (χ1) is 8.06. The second-order valence-corrected chi connectivity index (χ2v) is 5.49. The van der Waals surface area contributed by atoms with Crippen LogP contribution in [0, 0.1) is 0 Å². The molecule has 0 bridgehead atoms. The lowest BCUT2D eigenvalue weighted by Crippen LogP contribution is -2.29. The summed E-state index contributed by atoms with van der Waals surface area (Å²) in [6.45, 7) is 4.04. The first-order valence-corrected chi connectivity index (χ1v) is 7.45. The fourth-order valence-electron chi connectivity index (χ4n) is 1.72. The molecule has 0 aliphatic heterocycles. The highest BCUT2D eigenvalue weighted by Gasteiger charge is 2.10. The Kier molecular flexibility index (Phi) is 5.86. The number of aliphatic hydroxyl groups excluding tert-OH is 1. The number of anilines is 1. The van der Waals surface area contributed by atoms with Gasteiger partial charge in [0.25, 0.3) is 0 Å². The van der Waals surface area contributed by atoms with Crippen molar-refractivity contribution in [1.29, 1.82) is 0 Å². The van der Waals surface area contributed by atoms with Gasteiger partial charge >= 0.3 is 0 Å². The van der Waals surface area contributed by atoms with Crippen LogP contribution in [0.5, 0.6) is 0 Å². The minimum absolute atomic E-state index is 0.386. The maximum Gasteiger partial charge on any atom is 0.0761 e. The predicted octanol–water partition coefficient (Wildman–Crippen LogP) is 3.32. The molecule has 1 unspecified atom stereocenters. The van der Waals surface area contributed by atoms with Crippen LogP contribution in [0.1, 0.15) is 31.9 Å². The molecule has 3 heteroatoms. The molecule has 0 aromatic heterocycles. The van der Waals surface area contributed by atoms with Crippen molar-refractivity contribution in [2.24, 2.45) is 0 Å². The maximum absolute atomic E-state index is 9.46. The Bertz CT molecular complexity index is 323. The molecule has 0 aliphatic rings. The molecule has 0 heterocycles. The molecule has 0 saturated heterocycles. The zero-order valence-electron chi connectivity index (χ0n) is 11.2. The second kappa shape index (κ2) is 6.92. The van der Waals surface area contributed by atoms with Gasteiger partial charge in [-0.05, 0) is 50.0 Å². The van der Waals surface area contributed by atoms with Crippen molar-refractivity contribution in [3.63, 3.8) is 0 Å². The summed E-state index contributed by atoms with van der Waals surface area (Å²) in [7, 11) is 2.13. The summed E-state index contributed by atoms with van der Waals surface area (Å²) in [6, 6.07) is 8.70. The summed E-state index contributed by atoms with van der Waals surface area (Å²) in [5.41, 5.74) is 2.18. The van der Waals surface area contributed by atoms with E-state index >= 15 is 0 Å². The lowest BCUT2D eigenvalue weighted by atomic mass is 10.1.